The number of aromatic amines is 1. The zero-order valence-corrected chi connectivity index (χ0v) is 15.3. The first-order chi connectivity index (χ1) is 12.8. The van der Waals surface area contributed by atoms with E-state index in [1.807, 2.05) is 42.2 Å². The van der Waals surface area contributed by atoms with Gasteiger partial charge < -0.3 is 19.8 Å². The van der Waals surface area contributed by atoms with Crippen molar-refractivity contribution in [2.24, 2.45) is 4.99 Å². The van der Waals surface area contributed by atoms with Gasteiger partial charge in [-0.3, -0.25) is 4.99 Å². The first-order valence-corrected chi connectivity index (χ1v) is 8.80. The molecule has 7 nitrogen and oxygen atoms in total. The number of H-pyrrole nitrogens is 1. The molecule has 0 fully saturated rings. The highest BCUT2D eigenvalue weighted by atomic mass is 15.3. The van der Waals surface area contributed by atoms with Crippen LogP contribution >= 0.6 is 0 Å². The third-order valence-corrected chi connectivity index (χ3v) is 3.98. The lowest BCUT2D eigenvalue weighted by Crippen LogP contribution is -2.39. The molecular weight excluding hydrogens is 326 g/mol. The lowest BCUT2D eigenvalue weighted by atomic mass is 10.2. The van der Waals surface area contributed by atoms with Crippen molar-refractivity contribution < 1.29 is 0 Å². The number of aliphatic imine (C=N–C) groups is 1. The molecule has 0 radical (unpaired) electrons. The van der Waals surface area contributed by atoms with Gasteiger partial charge in [-0.05, 0) is 12.5 Å². The van der Waals surface area contributed by atoms with Crippen molar-refractivity contribution in [2.45, 2.75) is 20.0 Å². The Hall–Kier alpha value is -3.09. The van der Waals surface area contributed by atoms with E-state index in [0.717, 1.165) is 36.1 Å². The molecule has 0 aliphatic heterocycles. The van der Waals surface area contributed by atoms with Crippen LogP contribution in [0.4, 0.5) is 0 Å². The molecule has 3 aromatic rings. The van der Waals surface area contributed by atoms with E-state index in [1.165, 1.54) is 0 Å². The average molecular weight is 351 g/mol. The summed E-state index contributed by atoms with van der Waals surface area (Å²) in [5.74, 6) is 1.77. The van der Waals surface area contributed by atoms with Crippen molar-refractivity contribution in [1.82, 2.24) is 29.7 Å². The number of nitrogens with zero attached hydrogens (tertiary/aromatic N) is 5. The van der Waals surface area contributed by atoms with E-state index in [0.29, 0.717) is 13.1 Å². The molecule has 26 heavy (non-hydrogen) atoms. The molecule has 0 atom stereocenters. The summed E-state index contributed by atoms with van der Waals surface area (Å²) < 4.78 is 2.02. The fourth-order valence-electron chi connectivity index (χ4n) is 2.67. The van der Waals surface area contributed by atoms with E-state index in [4.69, 9.17) is 4.99 Å². The molecule has 0 spiro atoms. The minimum Gasteiger partial charge on any atom is -0.357 e. The maximum Gasteiger partial charge on any atom is 0.194 e. The van der Waals surface area contributed by atoms with Crippen molar-refractivity contribution in [1.29, 1.82) is 0 Å². The number of nitrogens with one attached hydrogen (secondary N) is 2. The number of rotatable bonds is 7. The summed E-state index contributed by atoms with van der Waals surface area (Å²) in [5, 5.41) is 3.33. The summed E-state index contributed by atoms with van der Waals surface area (Å²) >= 11 is 0. The minimum absolute atomic E-state index is 0.656. The second kappa shape index (κ2) is 8.84. The highest BCUT2D eigenvalue weighted by Crippen LogP contribution is 2.16. The van der Waals surface area contributed by atoms with Gasteiger partial charge in [0, 0.05) is 32.5 Å². The monoisotopic (exact) mass is 351 g/mol. The zero-order valence-electron chi connectivity index (χ0n) is 15.3. The molecule has 3 rings (SSSR count). The number of imidazole rings is 2. The standard InChI is InChI=1S/C19H25N7/c1-3-21-19(22-10-12-26-11-9-20-15-26)25(2)14-18-23-13-17(24-18)16-7-5-4-6-8-16/h4-9,11,13,15H,3,10,12,14H2,1-2H3,(H,21,22)(H,23,24). The van der Waals surface area contributed by atoms with Gasteiger partial charge in [-0.25, -0.2) is 9.97 Å². The molecule has 0 bridgehead atoms. The lowest BCUT2D eigenvalue weighted by molar-refractivity contribution is 0.463. The zero-order chi connectivity index (χ0) is 18.2. The van der Waals surface area contributed by atoms with Gasteiger partial charge in [0.15, 0.2) is 5.96 Å². The molecular formula is C19H25N7. The fourth-order valence-corrected chi connectivity index (χ4v) is 2.67. The van der Waals surface area contributed by atoms with Crippen LogP contribution in [0.3, 0.4) is 0 Å². The number of hydrogen-bond acceptors (Lipinski definition) is 3. The van der Waals surface area contributed by atoms with E-state index in [9.17, 15) is 0 Å². The SMILES string of the molecule is CCNC(=NCCn1ccnc1)N(C)Cc1ncc(-c2ccccc2)[nH]1. The van der Waals surface area contributed by atoms with Crippen LogP contribution in [0, 0.1) is 0 Å². The topological polar surface area (TPSA) is 74.1 Å². The number of benzene rings is 1. The van der Waals surface area contributed by atoms with Gasteiger partial charge in [0.25, 0.3) is 0 Å². The highest BCUT2D eigenvalue weighted by molar-refractivity contribution is 5.79. The Balaban J connectivity index is 1.62. The van der Waals surface area contributed by atoms with Crippen molar-refractivity contribution in [2.75, 3.05) is 20.1 Å². The fraction of sp³-hybridized carbons (Fsp3) is 0.316. The highest BCUT2D eigenvalue weighted by Gasteiger charge is 2.09. The summed E-state index contributed by atoms with van der Waals surface area (Å²) in [6, 6.07) is 10.2. The van der Waals surface area contributed by atoms with E-state index in [1.54, 1.807) is 12.5 Å². The Kier molecular flexibility index (Phi) is 6.03. The Morgan fingerprint density at radius 1 is 1.31 bits per heavy atom. The molecule has 0 aliphatic rings. The molecule has 0 saturated carbocycles. The van der Waals surface area contributed by atoms with Gasteiger partial charge in [-0.1, -0.05) is 30.3 Å². The van der Waals surface area contributed by atoms with E-state index in [-0.39, 0.29) is 0 Å². The molecule has 0 amide bonds. The predicted molar refractivity (Wildman–Crippen MR) is 104 cm³/mol. The summed E-state index contributed by atoms with van der Waals surface area (Å²) in [7, 11) is 2.02. The maximum absolute atomic E-state index is 4.69. The normalized spacial score (nSPS) is 11.5. The van der Waals surface area contributed by atoms with Crippen molar-refractivity contribution >= 4 is 5.96 Å². The molecule has 2 heterocycles. The summed E-state index contributed by atoms with van der Waals surface area (Å²) in [4.78, 5) is 18.7. The Morgan fingerprint density at radius 3 is 2.88 bits per heavy atom. The second-order valence-electron chi connectivity index (χ2n) is 6.00. The van der Waals surface area contributed by atoms with Crippen LogP contribution in [-0.2, 0) is 13.1 Å². The van der Waals surface area contributed by atoms with Crippen LogP contribution in [0.5, 0.6) is 0 Å². The summed E-state index contributed by atoms with van der Waals surface area (Å²) in [6.45, 7) is 5.04. The summed E-state index contributed by atoms with van der Waals surface area (Å²) in [5.41, 5.74) is 2.16. The van der Waals surface area contributed by atoms with Crippen LogP contribution < -0.4 is 5.32 Å². The third kappa shape index (κ3) is 4.72. The quantitative estimate of drug-likeness (QED) is 0.506. The third-order valence-electron chi connectivity index (χ3n) is 3.98. The van der Waals surface area contributed by atoms with Crippen LogP contribution in [0.15, 0.2) is 60.2 Å². The van der Waals surface area contributed by atoms with Gasteiger partial charge in [0.05, 0.1) is 31.3 Å². The molecule has 1 aromatic carbocycles. The summed E-state index contributed by atoms with van der Waals surface area (Å²) in [6.07, 6.45) is 7.41. The maximum atomic E-state index is 4.69. The molecule has 0 unspecified atom stereocenters. The van der Waals surface area contributed by atoms with E-state index < -0.39 is 0 Å². The lowest BCUT2D eigenvalue weighted by Gasteiger charge is -2.21. The predicted octanol–water partition coefficient (Wildman–Crippen LogP) is 2.37. The Labute approximate surface area is 153 Å². The van der Waals surface area contributed by atoms with Crippen LogP contribution in [-0.4, -0.2) is 50.5 Å². The molecule has 2 N–H and O–H groups in total. The first kappa shape index (κ1) is 17.7. The van der Waals surface area contributed by atoms with Gasteiger partial charge >= 0.3 is 0 Å². The second-order valence-corrected chi connectivity index (χ2v) is 6.00. The van der Waals surface area contributed by atoms with Crippen molar-refractivity contribution in [3.8, 4) is 11.3 Å². The molecule has 0 aliphatic carbocycles. The Bertz CT molecular complexity index is 806. The largest absolute Gasteiger partial charge is 0.357 e. The average Bonchev–Trinajstić information content (AvgIpc) is 3.34. The first-order valence-electron chi connectivity index (χ1n) is 8.80. The van der Waals surface area contributed by atoms with E-state index in [2.05, 4.69) is 44.2 Å². The number of guanidine groups is 1. The molecule has 136 valence electrons. The number of aromatic nitrogens is 4. The van der Waals surface area contributed by atoms with Gasteiger partial charge in [0.2, 0.25) is 0 Å². The van der Waals surface area contributed by atoms with Crippen LogP contribution in [0.25, 0.3) is 11.3 Å². The Morgan fingerprint density at radius 2 is 2.15 bits per heavy atom. The van der Waals surface area contributed by atoms with Gasteiger partial charge in [-0.2, -0.15) is 0 Å². The van der Waals surface area contributed by atoms with Crippen molar-refractivity contribution in [3.63, 3.8) is 0 Å². The van der Waals surface area contributed by atoms with Gasteiger partial charge in [-0.15, -0.1) is 0 Å². The molecule has 0 saturated heterocycles. The molecule has 7 heteroatoms. The molecule has 2 aromatic heterocycles. The number of hydrogen-bond donors (Lipinski definition) is 2. The van der Waals surface area contributed by atoms with Crippen LogP contribution in [0.1, 0.15) is 12.7 Å². The smallest absolute Gasteiger partial charge is 0.194 e. The van der Waals surface area contributed by atoms with E-state index >= 15 is 0 Å². The van der Waals surface area contributed by atoms with Crippen LogP contribution in [0.2, 0.25) is 0 Å². The minimum atomic E-state index is 0.656. The van der Waals surface area contributed by atoms with Crippen molar-refractivity contribution in [3.05, 3.63) is 61.1 Å². The van der Waals surface area contributed by atoms with Gasteiger partial charge in [0.1, 0.15) is 5.82 Å².